The third-order valence-corrected chi connectivity index (χ3v) is 6.20. The average molecular weight is 458 g/mol. The molecule has 1 spiro atoms. The third-order valence-electron chi connectivity index (χ3n) is 6.20. The van der Waals surface area contributed by atoms with Gasteiger partial charge in [-0.3, -0.25) is 9.59 Å². The fourth-order valence-electron chi connectivity index (χ4n) is 4.57. The van der Waals surface area contributed by atoms with Gasteiger partial charge in [0.25, 0.3) is 11.5 Å². The number of hydrogen-bond donors (Lipinski definition) is 1. The Kier molecular flexibility index (Phi) is 5.20. The molecular weight excluding hydrogens is 436 g/mol. The van der Waals surface area contributed by atoms with Crippen LogP contribution >= 0.6 is 0 Å². The summed E-state index contributed by atoms with van der Waals surface area (Å²) in [6.45, 7) is 0. The van der Waals surface area contributed by atoms with Crippen LogP contribution in [-0.2, 0) is 15.2 Å². The number of carbonyl (C=O) groups excluding carboxylic acids is 2. The highest BCUT2D eigenvalue weighted by Gasteiger charge is 2.63. The molecule has 0 saturated carbocycles. The minimum Gasteiger partial charge on any atom is -0.497 e. The van der Waals surface area contributed by atoms with Crippen LogP contribution in [0, 0.1) is 5.92 Å². The first-order chi connectivity index (χ1) is 16.5. The van der Waals surface area contributed by atoms with E-state index in [1.54, 1.807) is 73.8 Å². The molecule has 8 heteroatoms. The number of fused-ring (bicyclic) bond motifs is 2. The lowest BCUT2D eigenvalue weighted by Gasteiger charge is -2.27. The molecule has 2 aliphatic rings. The molecule has 1 N–H and O–H groups in total. The van der Waals surface area contributed by atoms with Crippen LogP contribution in [0.4, 0.5) is 5.69 Å². The van der Waals surface area contributed by atoms with Crippen LogP contribution in [-0.4, -0.2) is 38.7 Å². The Morgan fingerprint density at radius 2 is 1.71 bits per heavy atom. The van der Waals surface area contributed by atoms with Crippen LogP contribution < -0.4 is 19.5 Å². The van der Waals surface area contributed by atoms with Crippen molar-refractivity contribution in [3.8, 4) is 17.2 Å². The predicted molar refractivity (Wildman–Crippen MR) is 125 cm³/mol. The number of benzene rings is 3. The van der Waals surface area contributed by atoms with Crippen molar-refractivity contribution >= 4 is 23.1 Å². The molecular formula is C26H22N2O6. The van der Waals surface area contributed by atoms with Gasteiger partial charge in [0.05, 0.1) is 21.3 Å². The van der Waals surface area contributed by atoms with Crippen molar-refractivity contribution < 1.29 is 28.6 Å². The SMILES string of the molecule is COc1ccc(C(=O)[C@H]2C(c3cccc(OC)c3OC)=NO[C@@]23C(=O)Nc2ccccc23)cc1. The number of ether oxygens (including phenoxy) is 3. The first kappa shape index (κ1) is 21.5. The molecule has 2 aliphatic heterocycles. The van der Waals surface area contributed by atoms with Gasteiger partial charge in [-0.1, -0.05) is 29.4 Å². The van der Waals surface area contributed by atoms with Crippen LogP contribution in [0.15, 0.2) is 71.9 Å². The molecule has 0 radical (unpaired) electrons. The van der Waals surface area contributed by atoms with Gasteiger partial charge >= 0.3 is 0 Å². The van der Waals surface area contributed by atoms with Gasteiger partial charge in [-0.25, -0.2) is 0 Å². The molecule has 2 heterocycles. The summed E-state index contributed by atoms with van der Waals surface area (Å²) < 4.78 is 16.3. The number of hydrogen-bond acceptors (Lipinski definition) is 7. The van der Waals surface area contributed by atoms with Crippen LogP contribution in [0.5, 0.6) is 17.2 Å². The van der Waals surface area contributed by atoms with E-state index in [9.17, 15) is 9.59 Å². The zero-order valence-corrected chi connectivity index (χ0v) is 18.8. The predicted octanol–water partition coefficient (Wildman–Crippen LogP) is 3.79. The monoisotopic (exact) mass is 458 g/mol. The van der Waals surface area contributed by atoms with Crippen molar-refractivity contribution in [1.29, 1.82) is 0 Å². The second kappa shape index (κ2) is 8.22. The van der Waals surface area contributed by atoms with E-state index in [0.29, 0.717) is 39.6 Å². The first-order valence-electron chi connectivity index (χ1n) is 10.6. The summed E-state index contributed by atoms with van der Waals surface area (Å²) in [4.78, 5) is 33.4. The highest BCUT2D eigenvalue weighted by molar-refractivity contribution is 6.25. The number of anilines is 1. The van der Waals surface area contributed by atoms with Gasteiger partial charge < -0.3 is 24.4 Å². The number of oxime groups is 1. The Morgan fingerprint density at radius 3 is 2.41 bits per heavy atom. The normalized spacial score (nSPS) is 20.3. The fraction of sp³-hybridized carbons (Fsp3) is 0.192. The summed E-state index contributed by atoms with van der Waals surface area (Å²) >= 11 is 0. The molecule has 0 bridgehead atoms. The van der Waals surface area contributed by atoms with E-state index < -0.39 is 17.4 Å². The Bertz CT molecular complexity index is 1320. The Balaban J connectivity index is 1.71. The van der Waals surface area contributed by atoms with Crippen molar-refractivity contribution in [1.82, 2.24) is 0 Å². The molecule has 2 atom stereocenters. The fourth-order valence-corrected chi connectivity index (χ4v) is 4.57. The van der Waals surface area contributed by atoms with Crippen molar-refractivity contribution in [3.63, 3.8) is 0 Å². The van der Waals surface area contributed by atoms with E-state index >= 15 is 0 Å². The average Bonchev–Trinajstić information content (AvgIpc) is 3.41. The Labute approximate surface area is 196 Å². The lowest BCUT2D eigenvalue weighted by atomic mass is 9.74. The van der Waals surface area contributed by atoms with E-state index in [1.807, 2.05) is 0 Å². The standard InChI is InChI=1S/C26H22N2O6/c1-31-16-13-11-15(12-14-16)23(29)21-22(17-7-6-10-20(32-2)24(17)33-3)28-34-26(21)18-8-4-5-9-19(18)27-25(26)30/h4-14,21H,1-3H3,(H,27,30)/t21-,26-/m1/s1. The smallest absolute Gasteiger partial charge is 0.277 e. The summed E-state index contributed by atoms with van der Waals surface area (Å²) in [5.74, 6) is -0.386. The van der Waals surface area contributed by atoms with Gasteiger partial charge in [0, 0.05) is 22.4 Å². The zero-order valence-electron chi connectivity index (χ0n) is 18.8. The number of methoxy groups -OCH3 is 3. The van der Waals surface area contributed by atoms with Gasteiger partial charge in [-0.15, -0.1) is 0 Å². The molecule has 8 nitrogen and oxygen atoms in total. The number of para-hydroxylation sites is 2. The summed E-state index contributed by atoms with van der Waals surface area (Å²) in [5.41, 5.74) is 0.645. The summed E-state index contributed by atoms with van der Waals surface area (Å²) in [6.07, 6.45) is 0. The molecule has 3 aromatic rings. The molecule has 0 aromatic heterocycles. The van der Waals surface area contributed by atoms with Crippen LogP contribution in [0.2, 0.25) is 0 Å². The molecule has 0 aliphatic carbocycles. The third kappa shape index (κ3) is 3.02. The number of nitrogens with zero attached hydrogens (tertiary/aromatic N) is 1. The first-order valence-corrected chi connectivity index (χ1v) is 10.6. The number of Topliss-reactive ketones (excluding diaryl/α,β-unsaturated/α-hetero) is 1. The second-order valence-corrected chi connectivity index (χ2v) is 7.87. The number of ketones is 1. The maximum atomic E-state index is 14.0. The van der Waals surface area contributed by atoms with Gasteiger partial charge in [-0.05, 0) is 42.5 Å². The maximum absolute atomic E-state index is 14.0. The molecule has 0 fully saturated rings. The van der Waals surface area contributed by atoms with Gasteiger partial charge in [0.15, 0.2) is 17.3 Å². The molecule has 5 rings (SSSR count). The molecule has 172 valence electrons. The lowest BCUT2D eigenvalue weighted by Crippen LogP contribution is -2.46. The van der Waals surface area contributed by atoms with Gasteiger partial charge in [0.1, 0.15) is 17.4 Å². The van der Waals surface area contributed by atoms with E-state index in [1.165, 1.54) is 14.2 Å². The second-order valence-electron chi connectivity index (χ2n) is 7.87. The van der Waals surface area contributed by atoms with E-state index in [-0.39, 0.29) is 11.5 Å². The highest BCUT2D eigenvalue weighted by Crippen LogP contribution is 2.51. The molecule has 34 heavy (non-hydrogen) atoms. The number of amides is 1. The number of carbonyl (C=O) groups is 2. The number of nitrogens with one attached hydrogen (secondary N) is 1. The lowest BCUT2D eigenvalue weighted by molar-refractivity contribution is -0.140. The minimum atomic E-state index is -1.66. The van der Waals surface area contributed by atoms with Crippen molar-refractivity contribution in [3.05, 3.63) is 83.4 Å². The van der Waals surface area contributed by atoms with E-state index in [0.717, 1.165) is 0 Å². The zero-order chi connectivity index (χ0) is 23.9. The molecule has 1 amide bonds. The van der Waals surface area contributed by atoms with Crippen molar-refractivity contribution in [2.45, 2.75) is 5.60 Å². The van der Waals surface area contributed by atoms with Crippen LogP contribution in [0.1, 0.15) is 21.5 Å². The van der Waals surface area contributed by atoms with Crippen molar-refractivity contribution in [2.24, 2.45) is 11.1 Å². The largest absolute Gasteiger partial charge is 0.497 e. The molecule has 0 unspecified atom stereocenters. The summed E-state index contributed by atoms with van der Waals surface area (Å²) in [7, 11) is 4.58. The van der Waals surface area contributed by atoms with E-state index in [2.05, 4.69) is 10.5 Å². The molecule has 3 aromatic carbocycles. The summed E-state index contributed by atoms with van der Waals surface area (Å²) in [5, 5.41) is 7.15. The summed E-state index contributed by atoms with van der Waals surface area (Å²) in [6, 6.07) is 19.1. The Morgan fingerprint density at radius 1 is 0.941 bits per heavy atom. The Hall–Kier alpha value is -4.33. The van der Waals surface area contributed by atoms with Crippen LogP contribution in [0.25, 0.3) is 0 Å². The minimum absolute atomic E-state index is 0.281. The van der Waals surface area contributed by atoms with Gasteiger partial charge in [0.2, 0.25) is 0 Å². The topological polar surface area (TPSA) is 95.5 Å². The quantitative estimate of drug-likeness (QED) is 0.565. The number of rotatable bonds is 6. The van der Waals surface area contributed by atoms with Crippen molar-refractivity contribution in [2.75, 3.05) is 26.6 Å². The van der Waals surface area contributed by atoms with Gasteiger partial charge in [-0.2, -0.15) is 0 Å². The highest BCUT2D eigenvalue weighted by atomic mass is 16.7. The van der Waals surface area contributed by atoms with Crippen LogP contribution in [0.3, 0.4) is 0 Å². The molecule has 0 saturated heterocycles. The maximum Gasteiger partial charge on any atom is 0.277 e. The van der Waals surface area contributed by atoms with E-state index in [4.69, 9.17) is 19.0 Å².